The first-order valence-corrected chi connectivity index (χ1v) is 5.38. The van der Waals surface area contributed by atoms with E-state index in [0.29, 0.717) is 11.4 Å². The van der Waals surface area contributed by atoms with Crippen molar-refractivity contribution in [1.82, 2.24) is 0 Å². The lowest BCUT2D eigenvalue weighted by Gasteiger charge is -2.15. The third-order valence-corrected chi connectivity index (χ3v) is 2.64. The van der Waals surface area contributed by atoms with E-state index in [1.54, 1.807) is 20.3 Å². The number of hydrogen-bond acceptors (Lipinski definition) is 4. The van der Waals surface area contributed by atoms with Gasteiger partial charge in [0.15, 0.2) is 0 Å². The Morgan fingerprint density at radius 1 is 1.19 bits per heavy atom. The molecule has 90 valence electrons. The second kappa shape index (κ2) is 5.61. The summed E-state index contributed by atoms with van der Waals surface area (Å²) in [5.41, 5.74) is 13.3. The summed E-state index contributed by atoms with van der Waals surface area (Å²) in [5, 5.41) is 0. The highest BCUT2D eigenvalue weighted by molar-refractivity contribution is 5.59. The second-order valence-corrected chi connectivity index (χ2v) is 3.78. The van der Waals surface area contributed by atoms with E-state index in [4.69, 9.17) is 20.9 Å². The molecule has 1 aromatic carbocycles. The van der Waals surface area contributed by atoms with E-state index >= 15 is 0 Å². The Bertz CT molecular complexity index is 353. The molecule has 0 fully saturated rings. The zero-order valence-corrected chi connectivity index (χ0v) is 10.1. The van der Waals surface area contributed by atoms with Gasteiger partial charge in [0, 0.05) is 12.1 Å². The summed E-state index contributed by atoms with van der Waals surface area (Å²) in [7, 11) is 3.23. The first kappa shape index (κ1) is 12.6. The van der Waals surface area contributed by atoms with Crippen molar-refractivity contribution in [2.45, 2.75) is 25.8 Å². The number of rotatable bonds is 5. The Morgan fingerprint density at radius 2 is 1.81 bits per heavy atom. The molecule has 0 saturated heterocycles. The van der Waals surface area contributed by atoms with E-state index in [0.717, 1.165) is 24.2 Å². The molecule has 0 amide bonds. The predicted molar refractivity (Wildman–Crippen MR) is 65.9 cm³/mol. The van der Waals surface area contributed by atoms with Gasteiger partial charge in [0.25, 0.3) is 0 Å². The zero-order chi connectivity index (χ0) is 12.1. The molecule has 4 nitrogen and oxygen atoms in total. The molecule has 0 aliphatic rings. The quantitative estimate of drug-likeness (QED) is 0.745. The molecule has 0 radical (unpaired) electrons. The number of benzene rings is 1. The minimum absolute atomic E-state index is 0.127. The topological polar surface area (TPSA) is 70.5 Å². The number of anilines is 1. The molecule has 0 aliphatic heterocycles. The Morgan fingerprint density at radius 3 is 2.31 bits per heavy atom. The highest BCUT2D eigenvalue weighted by atomic mass is 16.5. The van der Waals surface area contributed by atoms with Crippen molar-refractivity contribution in [3.05, 3.63) is 17.7 Å². The van der Waals surface area contributed by atoms with Crippen molar-refractivity contribution in [1.29, 1.82) is 0 Å². The molecule has 0 bridgehead atoms. The highest BCUT2D eigenvalue weighted by Gasteiger charge is 2.11. The fourth-order valence-corrected chi connectivity index (χ4v) is 1.57. The Hall–Kier alpha value is -1.42. The van der Waals surface area contributed by atoms with Crippen LogP contribution in [0.1, 0.15) is 18.9 Å². The average molecular weight is 224 g/mol. The van der Waals surface area contributed by atoms with Gasteiger partial charge in [-0.25, -0.2) is 0 Å². The maximum absolute atomic E-state index is 5.93. The van der Waals surface area contributed by atoms with Crippen molar-refractivity contribution in [3.8, 4) is 11.5 Å². The number of ether oxygens (including phenoxy) is 2. The molecule has 0 heterocycles. The summed E-state index contributed by atoms with van der Waals surface area (Å²) in [6.07, 6.45) is 1.69. The van der Waals surface area contributed by atoms with Crippen LogP contribution in [-0.2, 0) is 6.42 Å². The van der Waals surface area contributed by atoms with Crippen LogP contribution in [0.25, 0.3) is 0 Å². The van der Waals surface area contributed by atoms with Crippen LogP contribution in [-0.4, -0.2) is 20.3 Å². The van der Waals surface area contributed by atoms with E-state index < -0.39 is 0 Å². The predicted octanol–water partition coefficient (Wildman–Crippen LogP) is 1.57. The van der Waals surface area contributed by atoms with Crippen LogP contribution in [0.15, 0.2) is 12.1 Å². The molecule has 0 aromatic heterocycles. The van der Waals surface area contributed by atoms with Gasteiger partial charge in [-0.1, -0.05) is 6.92 Å². The van der Waals surface area contributed by atoms with Gasteiger partial charge in [-0.2, -0.15) is 0 Å². The summed E-state index contributed by atoms with van der Waals surface area (Å²) in [4.78, 5) is 0. The van der Waals surface area contributed by atoms with Gasteiger partial charge in [0.05, 0.1) is 19.9 Å². The van der Waals surface area contributed by atoms with Gasteiger partial charge >= 0.3 is 0 Å². The third-order valence-electron chi connectivity index (χ3n) is 2.64. The molecule has 16 heavy (non-hydrogen) atoms. The third kappa shape index (κ3) is 2.79. The minimum atomic E-state index is 0.127. The fourth-order valence-electron chi connectivity index (χ4n) is 1.57. The summed E-state index contributed by atoms with van der Waals surface area (Å²) < 4.78 is 10.5. The van der Waals surface area contributed by atoms with Crippen LogP contribution in [0.2, 0.25) is 0 Å². The number of hydrogen-bond donors (Lipinski definition) is 2. The zero-order valence-electron chi connectivity index (χ0n) is 10.1. The van der Waals surface area contributed by atoms with Crippen LogP contribution in [0.3, 0.4) is 0 Å². The van der Waals surface area contributed by atoms with E-state index in [2.05, 4.69) is 6.92 Å². The van der Waals surface area contributed by atoms with E-state index in [1.807, 2.05) is 6.07 Å². The highest BCUT2D eigenvalue weighted by Crippen LogP contribution is 2.31. The minimum Gasteiger partial charge on any atom is -0.496 e. The molecular formula is C12H20N2O2. The van der Waals surface area contributed by atoms with Gasteiger partial charge in [-0.05, 0) is 24.5 Å². The maximum Gasteiger partial charge on any atom is 0.142 e. The lowest BCUT2D eigenvalue weighted by molar-refractivity contribution is 0.398. The fraction of sp³-hybridized carbons (Fsp3) is 0.500. The maximum atomic E-state index is 5.93. The van der Waals surface area contributed by atoms with Crippen LogP contribution in [0.4, 0.5) is 5.69 Å². The van der Waals surface area contributed by atoms with Crippen molar-refractivity contribution >= 4 is 5.69 Å². The number of nitrogens with two attached hydrogens (primary N) is 2. The van der Waals surface area contributed by atoms with Gasteiger partial charge in [0.1, 0.15) is 11.5 Å². The summed E-state index contributed by atoms with van der Waals surface area (Å²) >= 11 is 0. The van der Waals surface area contributed by atoms with Crippen molar-refractivity contribution in [3.63, 3.8) is 0 Å². The Balaban J connectivity index is 3.04. The molecule has 4 N–H and O–H groups in total. The molecule has 1 rings (SSSR count). The molecule has 0 aliphatic carbocycles. The van der Waals surface area contributed by atoms with E-state index in [9.17, 15) is 0 Å². The van der Waals surface area contributed by atoms with Crippen molar-refractivity contribution < 1.29 is 9.47 Å². The molecule has 1 aromatic rings. The van der Waals surface area contributed by atoms with Crippen molar-refractivity contribution in [2.75, 3.05) is 20.0 Å². The first-order valence-electron chi connectivity index (χ1n) is 5.38. The van der Waals surface area contributed by atoms with Gasteiger partial charge < -0.3 is 20.9 Å². The Labute approximate surface area is 96.5 Å². The summed E-state index contributed by atoms with van der Waals surface area (Å²) in [5.74, 6) is 1.43. The molecule has 4 heteroatoms. The monoisotopic (exact) mass is 224 g/mol. The lowest BCUT2D eigenvalue weighted by atomic mass is 10.0. The van der Waals surface area contributed by atoms with Crippen LogP contribution in [0.5, 0.6) is 11.5 Å². The first-order chi connectivity index (χ1) is 7.62. The van der Waals surface area contributed by atoms with E-state index in [1.165, 1.54) is 0 Å². The normalized spacial score (nSPS) is 12.2. The summed E-state index contributed by atoms with van der Waals surface area (Å²) in [6.45, 7) is 2.06. The summed E-state index contributed by atoms with van der Waals surface area (Å²) in [6, 6.07) is 3.79. The second-order valence-electron chi connectivity index (χ2n) is 3.78. The lowest BCUT2D eigenvalue weighted by Crippen LogP contribution is -2.21. The van der Waals surface area contributed by atoms with Gasteiger partial charge in [0.2, 0.25) is 0 Å². The molecular weight excluding hydrogens is 204 g/mol. The number of nitrogen functional groups attached to an aromatic ring is 1. The van der Waals surface area contributed by atoms with Crippen molar-refractivity contribution in [2.24, 2.45) is 5.73 Å². The standard InChI is InChI=1S/C12H20N2O2/c1-4-9(13)5-8-6-12(16-3)10(14)7-11(8)15-2/h6-7,9H,4-5,13-14H2,1-3H3. The smallest absolute Gasteiger partial charge is 0.142 e. The number of methoxy groups -OCH3 is 2. The largest absolute Gasteiger partial charge is 0.496 e. The van der Waals surface area contributed by atoms with Crippen LogP contribution in [0, 0.1) is 0 Å². The average Bonchev–Trinajstić information content (AvgIpc) is 2.30. The van der Waals surface area contributed by atoms with Crippen LogP contribution < -0.4 is 20.9 Å². The Kier molecular flexibility index (Phi) is 4.43. The van der Waals surface area contributed by atoms with Crippen LogP contribution >= 0.6 is 0 Å². The van der Waals surface area contributed by atoms with E-state index in [-0.39, 0.29) is 6.04 Å². The SMILES string of the molecule is CCC(N)Cc1cc(OC)c(N)cc1OC. The molecule has 0 spiro atoms. The molecule has 1 unspecified atom stereocenters. The van der Waals surface area contributed by atoms with Gasteiger partial charge in [-0.15, -0.1) is 0 Å². The molecule has 0 saturated carbocycles. The molecule has 1 atom stereocenters. The van der Waals surface area contributed by atoms with Gasteiger partial charge in [-0.3, -0.25) is 0 Å².